The standard InChI is InChI=1S/C25H34N6/c1-29-17-20-23(26-19-12-6-3-7-13-19)30(16-18-10-4-2-5-11-18)28-24(20)31-22-15-9-8-14-21(22)27-25(29)31/h3,6-7,12-13,18,21-22,26H,2,4-5,8-11,14-17H2,1H3/t21-,22+/m1/s1. The minimum absolute atomic E-state index is 0.436. The number of hydrogen-bond acceptors (Lipinski definition) is 5. The molecule has 1 aromatic carbocycles. The Bertz CT molecular complexity index is 958. The summed E-state index contributed by atoms with van der Waals surface area (Å²) in [5.41, 5.74) is 2.46. The molecule has 2 aliphatic heterocycles. The van der Waals surface area contributed by atoms with E-state index in [0.29, 0.717) is 12.1 Å². The minimum atomic E-state index is 0.436. The summed E-state index contributed by atoms with van der Waals surface area (Å²) in [5, 5.41) is 9.03. The second-order valence-corrected chi connectivity index (χ2v) is 9.90. The van der Waals surface area contributed by atoms with Crippen LogP contribution in [0.1, 0.15) is 63.4 Å². The van der Waals surface area contributed by atoms with Gasteiger partial charge in [0, 0.05) is 19.3 Å². The largest absolute Gasteiger partial charge is 0.341 e. The maximum Gasteiger partial charge on any atom is 0.203 e. The van der Waals surface area contributed by atoms with E-state index in [1.54, 1.807) is 0 Å². The van der Waals surface area contributed by atoms with Crippen molar-refractivity contribution in [2.24, 2.45) is 10.9 Å². The van der Waals surface area contributed by atoms with Crippen LogP contribution in [0.15, 0.2) is 35.3 Å². The second kappa shape index (κ2) is 7.88. The van der Waals surface area contributed by atoms with Gasteiger partial charge in [0.05, 0.1) is 24.2 Å². The Labute approximate surface area is 185 Å². The summed E-state index contributed by atoms with van der Waals surface area (Å²) in [5.74, 6) is 4.20. The van der Waals surface area contributed by atoms with Crippen LogP contribution in [-0.2, 0) is 13.1 Å². The summed E-state index contributed by atoms with van der Waals surface area (Å²) in [4.78, 5) is 9.97. The maximum absolute atomic E-state index is 5.28. The zero-order valence-electron chi connectivity index (χ0n) is 18.6. The van der Waals surface area contributed by atoms with Gasteiger partial charge in [0.15, 0.2) is 5.82 Å². The molecule has 6 rings (SSSR count). The predicted octanol–water partition coefficient (Wildman–Crippen LogP) is 5.14. The topological polar surface area (TPSA) is 48.7 Å². The first-order valence-electron chi connectivity index (χ1n) is 12.3. The molecule has 0 unspecified atom stereocenters. The maximum atomic E-state index is 5.28. The van der Waals surface area contributed by atoms with Crippen LogP contribution in [0.25, 0.3) is 0 Å². The van der Waals surface area contributed by atoms with Gasteiger partial charge in [-0.3, -0.25) is 4.90 Å². The Hall–Kier alpha value is -2.50. The molecule has 2 saturated carbocycles. The lowest BCUT2D eigenvalue weighted by Gasteiger charge is -2.37. The van der Waals surface area contributed by atoms with Crippen LogP contribution in [0.5, 0.6) is 0 Å². The van der Waals surface area contributed by atoms with Crippen molar-refractivity contribution in [3.05, 3.63) is 35.9 Å². The highest BCUT2D eigenvalue weighted by Gasteiger charge is 2.45. The van der Waals surface area contributed by atoms with Gasteiger partial charge in [0.1, 0.15) is 5.82 Å². The summed E-state index contributed by atoms with van der Waals surface area (Å²) >= 11 is 0. The summed E-state index contributed by atoms with van der Waals surface area (Å²) in [7, 11) is 2.19. The molecule has 0 amide bonds. The molecule has 0 bridgehead atoms. The lowest BCUT2D eigenvalue weighted by atomic mass is 9.89. The van der Waals surface area contributed by atoms with E-state index in [4.69, 9.17) is 10.1 Å². The van der Waals surface area contributed by atoms with Gasteiger partial charge in [-0.05, 0) is 43.7 Å². The first-order valence-corrected chi connectivity index (χ1v) is 12.3. The van der Waals surface area contributed by atoms with E-state index in [1.807, 2.05) is 0 Å². The molecule has 1 aromatic heterocycles. The quantitative estimate of drug-likeness (QED) is 0.747. The summed E-state index contributed by atoms with van der Waals surface area (Å²) in [6.45, 7) is 1.88. The van der Waals surface area contributed by atoms with Crippen molar-refractivity contribution in [1.82, 2.24) is 14.7 Å². The Kier molecular flexibility index (Phi) is 4.88. The normalized spacial score (nSPS) is 25.6. The molecule has 6 nitrogen and oxygen atoms in total. The number of rotatable bonds is 4. The van der Waals surface area contributed by atoms with E-state index < -0.39 is 0 Å². The average molecular weight is 419 g/mol. The number of para-hydroxylation sites is 1. The van der Waals surface area contributed by atoms with Crippen LogP contribution in [0.3, 0.4) is 0 Å². The second-order valence-electron chi connectivity index (χ2n) is 9.90. The number of aromatic nitrogens is 2. The zero-order valence-corrected chi connectivity index (χ0v) is 18.6. The highest BCUT2D eigenvalue weighted by Crippen LogP contribution is 2.42. The molecule has 6 heteroatoms. The molecule has 1 N–H and O–H groups in total. The number of benzene rings is 1. The summed E-state index contributed by atoms with van der Waals surface area (Å²) in [6, 6.07) is 11.5. The summed E-state index contributed by atoms with van der Waals surface area (Å²) < 4.78 is 2.29. The van der Waals surface area contributed by atoms with Crippen LogP contribution < -0.4 is 10.2 Å². The fourth-order valence-electron chi connectivity index (χ4n) is 6.11. The third-order valence-electron chi connectivity index (χ3n) is 7.71. The highest BCUT2D eigenvalue weighted by atomic mass is 15.5. The number of nitrogens with one attached hydrogen (secondary N) is 1. The van der Waals surface area contributed by atoms with Crippen LogP contribution in [-0.4, -0.2) is 39.8 Å². The first-order chi connectivity index (χ1) is 15.3. The van der Waals surface area contributed by atoms with Gasteiger partial charge in [0.2, 0.25) is 5.96 Å². The van der Waals surface area contributed by atoms with E-state index in [1.165, 1.54) is 69.2 Å². The number of guanidine groups is 1. The molecule has 3 heterocycles. The van der Waals surface area contributed by atoms with Crippen molar-refractivity contribution in [1.29, 1.82) is 0 Å². The molecule has 4 aliphatic rings. The van der Waals surface area contributed by atoms with Crippen molar-refractivity contribution in [2.45, 2.75) is 83.0 Å². The van der Waals surface area contributed by atoms with Crippen molar-refractivity contribution in [3.8, 4) is 0 Å². The molecule has 0 spiro atoms. The van der Waals surface area contributed by atoms with Gasteiger partial charge in [-0.15, -0.1) is 0 Å². The Balaban J connectivity index is 1.40. The zero-order chi connectivity index (χ0) is 20.8. The van der Waals surface area contributed by atoms with Crippen molar-refractivity contribution in [2.75, 3.05) is 17.3 Å². The number of aliphatic imine (C=N–C) groups is 1. The average Bonchev–Trinajstić information content (AvgIpc) is 3.35. The smallest absolute Gasteiger partial charge is 0.203 e. The number of hydrogen-bond donors (Lipinski definition) is 1. The van der Waals surface area contributed by atoms with Gasteiger partial charge >= 0.3 is 0 Å². The molecule has 164 valence electrons. The van der Waals surface area contributed by atoms with Gasteiger partial charge in [-0.2, -0.15) is 5.10 Å². The van der Waals surface area contributed by atoms with Crippen LogP contribution in [0.4, 0.5) is 17.3 Å². The molecule has 0 radical (unpaired) electrons. The van der Waals surface area contributed by atoms with E-state index in [2.05, 4.69) is 57.2 Å². The van der Waals surface area contributed by atoms with Crippen LogP contribution in [0, 0.1) is 5.92 Å². The fourth-order valence-corrected chi connectivity index (χ4v) is 6.11. The van der Waals surface area contributed by atoms with Crippen LogP contribution in [0.2, 0.25) is 0 Å². The molecular formula is C25H34N6. The fraction of sp³-hybridized carbons (Fsp3) is 0.600. The monoisotopic (exact) mass is 418 g/mol. The van der Waals surface area contributed by atoms with Gasteiger partial charge in [-0.1, -0.05) is 50.3 Å². The molecule has 2 aromatic rings. The van der Waals surface area contributed by atoms with Crippen LogP contribution >= 0.6 is 0 Å². The van der Waals surface area contributed by atoms with E-state index in [-0.39, 0.29) is 0 Å². The van der Waals surface area contributed by atoms with Crippen molar-refractivity contribution >= 4 is 23.3 Å². The van der Waals surface area contributed by atoms with Gasteiger partial charge in [0.25, 0.3) is 0 Å². The Morgan fingerprint density at radius 2 is 1.74 bits per heavy atom. The molecule has 2 fully saturated rings. The number of fused-ring (bicyclic) bond motifs is 5. The third-order valence-corrected chi connectivity index (χ3v) is 7.71. The van der Waals surface area contributed by atoms with Crippen molar-refractivity contribution < 1.29 is 0 Å². The predicted molar refractivity (Wildman–Crippen MR) is 126 cm³/mol. The lowest BCUT2D eigenvalue weighted by Crippen LogP contribution is -2.49. The van der Waals surface area contributed by atoms with E-state index in [0.717, 1.165) is 36.5 Å². The Morgan fingerprint density at radius 3 is 2.58 bits per heavy atom. The minimum Gasteiger partial charge on any atom is -0.341 e. The van der Waals surface area contributed by atoms with E-state index >= 15 is 0 Å². The van der Waals surface area contributed by atoms with E-state index in [9.17, 15) is 0 Å². The molecule has 2 aliphatic carbocycles. The van der Waals surface area contributed by atoms with Gasteiger partial charge in [-0.25, -0.2) is 9.67 Å². The molecule has 31 heavy (non-hydrogen) atoms. The third kappa shape index (κ3) is 3.40. The number of anilines is 3. The Morgan fingerprint density at radius 1 is 0.968 bits per heavy atom. The molecular weight excluding hydrogens is 384 g/mol. The highest BCUT2D eigenvalue weighted by molar-refractivity contribution is 6.01. The summed E-state index contributed by atoms with van der Waals surface area (Å²) in [6.07, 6.45) is 11.8. The first kappa shape index (κ1) is 19.2. The lowest BCUT2D eigenvalue weighted by molar-refractivity contribution is 0.310. The molecule has 2 atom stereocenters. The number of nitrogens with zero attached hydrogens (tertiary/aromatic N) is 5. The van der Waals surface area contributed by atoms with Gasteiger partial charge < -0.3 is 10.2 Å². The SMILES string of the molecule is CN1Cc2c(nn(CC3CCCCC3)c2Nc2ccccc2)N2C1=N[C@@H]1CCCC[C@@H]12. The molecule has 0 saturated heterocycles. The van der Waals surface area contributed by atoms with Crippen molar-refractivity contribution in [3.63, 3.8) is 0 Å².